The molecule has 6 heteroatoms. The fraction of sp³-hybridized carbons (Fsp3) is 0.278. The van der Waals surface area contributed by atoms with Crippen LogP contribution in [-0.2, 0) is 15.4 Å². The number of imidazole rings is 1. The molecule has 0 atom stereocenters. The molecule has 0 saturated heterocycles. The van der Waals surface area contributed by atoms with Gasteiger partial charge in [-0.25, -0.2) is 17.4 Å². The highest BCUT2D eigenvalue weighted by molar-refractivity contribution is 7.90. The summed E-state index contributed by atoms with van der Waals surface area (Å²) >= 11 is 6.10. The van der Waals surface area contributed by atoms with Gasteiger partial charge in [0.1, 0.15) is 5.82 Å². The van der Waals surface area contributed by atoms with Gasteiger partial charge in [-0.05, 0) is 37.3 Å². The first-order valence-corrected chi connectivity index (χ1v) is 9.43. The first-order valence-electron chi connectivity index (χ1n) is 7.61. The van der Waals surface area contributed by atoms with Crippen LogP contribution in [0.3, 0.4) is 0 Å². The van der Waals surface area contributed by atoms with Gasteiger partial charge in [-0.1, -0.05) is 50.1 Å². The molecule has 4 nitrogen and oxygen atoms in total. The van der Waals surface area contributed by atoms with E-state index in [9.17, 15) is 8.42 Å². The van der Waals surface area contributed by atoms with Gasteiger partial charge >= 0.3 is 0 Å². The van der Waals surface area contributed by atoms with Crippen LogP contribution in [0.2, 0.25) is 5.02 Å². The van der Waals surface area contributed by atoms with Crippen LogP contribution < -0.4 is 0 Å². The fourth-order valence-electron chi connectivity index (χ4n) is 2.56. The Hall–Kier alpha value is -1.85. The number of aryl methyl sites for hydroxylation is 1. The van der Waals surface area contributed by atoms with E-state index < -0.39 is 15.4 Å². The molecule has 2 aromatic carbocycles. The van der Waals surface area contributed by atoms with Crippen LogP contribution in [0.1, 0.15) is 32.2 Å². The first kappa shape index (κ1) is 17.0. The van der Waals surface area contributed by atoms with Crippen molar-refractivity contribution in [3.63, 3.8) is 0 Å². The molecule has 0 spiro atoms. The van der Waals surface area contributed by atoms with Crippen LogP contribution in [0, 0.1) is 6.92 Å². The van der Waals surface area contributed by atoms with Crippen LogP contribution in [0.15, 0.2) is 47.4 Å². The van der Waals surface area contributed by atoms with E-state index in [-0.39, 0.29) is 4.90 Å². The van der Waals surface area contributed by atoms with Gasteiger partial charge in [-0.15, -0.1) is 0 Å². The Bertz CT molecular complexity index is 1010. The molecule has 0 amide bonds. The molecule has 0 unspecified atom stereocenters. The van der Waals surface area contributed by atoms with Crippen LogP contribution >= 0.6 is 11.6 Å². The fourth-order valence-corrected chi connectivity index (χ4v) is 4.36. The Morgan fingerprint density at radius 2 is 1.67 bits per heavy atom. The standard InChI is InChI=1S/C18H19ClN2O2S/c1-12-5-8-14(9-6-12)24(22,23)21-16-11-13(19)7-10-15(16)20-17(21)18(2,3)4/h5-11H,1-4H3. The van der Waals surface area contributed by atoms with Crippen molar-refractivity contribution in [3.8, 4) is 0 Å². The zero-order valence-electron chi connectivity index (χ0n) is 14.0. The summed E-state index contributed by atoms with van der Waals surface area (Å²) in [7, 11) is -3.77. The summed E-state index contributed by atoms with van der Waals surface area (Å²) in [6.07, 6.45) is 0. The predicted molar refractivity (Wildman–Crippen MR) is 97.2 cm³/mol. The summed E-state index contributed by atoms with van der Waals surface area (Å²) in [6, 6.07) is 11.9. The molecule has 1 heterocycles. The predicted octanol–water partition coefficient (Wildman–Crippen LogP) is 4.53. The Morgan fingerprint density at radius 1 is 1.04 bits per heavy atom. The van der Waals surface area contributed by atoms with E-state index in [1.807, 2.05) is 27.7 Å². The molecule has 126 valence electrons. The summed E-state index contributed by atoms with van der Waals surface area (Å²) in [6.45, 7) is 7.74. The molecule has 1 aromatic heterocycles. The highest BCUT2D eigenvalue weighted by Crippen LogP contribution is 2.31. The second-order valence-corrected chi connectivity index (χ2v) is 9.12. The highest BCUT2D eigenvalue weighted by atomic mass is 35.5. The number of aromatic nitrogens is 2. The van der Waals surface area contributed by atoms with Crippen LogP contribution in [0.4, 0.5) is 0 Å². The molecule has 0 N–H and O–H groups in total. The van der Waals surface area contributed by atoms with Gasteiger partial charge in [0.15, 0.2) is 0 Å². The normalized spacial score (nSPS) is 12.7. The number of rotatable bonds is 2. The molecule has 0 aliphatic carbocycles. The van der Waals surface area contributed by atoms with Gasteiger partial charge in [-0.2, -0.15) is 0 Å². The summed E-state index contributed by atoms with van der Waals surface area (Å²) in [5.74, 6) is 0.486. The second kappa shape index (κ2) is 5.60. The quantitative estimate of drug-likeness (QED) is 0.672. The molecule has 3 aromatic rings. The lowest BCUT2D eigenvalue weighted by atomic mass is 9.96. The number of hydrogen-bond acceptors (Lipinski definition) is 3. The SMILES string of the molecule is Cc1ccc(S(=O)(=O)n2c(C(C)(C)C)nc3ccc(Cl)cc32)cc1. The third kappa shape index (κ3) is 2.82. The average molecular weight is 363 g/mol. The molecule has 0 radical (unpaired) electrons. The van der Waals surface area contributed by atoms with E-state index in [1.54, 1.807) is 42.5 Å². The van der Waals surface area contributed by atoms with Gasteiger partial charge in [0, 0.05) is 10.4 Å². The molecule has 0 aliphatic heterocycles. The lowest BCUT2D eigenvalue weighted by Crippen LogP contribution is -2.24. The van der Waals surface area contributed by atoms with Crippen molar-refractivity contribution < 1.29 is 8.42 Å². The molecule has 0 saturated carbocycles. The van der Waals surface area contributed by atoms with E-state index in [0.29, 0.717) is 21.9 Å². The Labute approximate surface area is 147 Å². The molecular weight excluding hydrogens is 344 g/mol. The topological polar surface area (TPSA) is 52.0 Å². The molecule has 0 aliphatic rings. The van der Waals surface area contributed by atoms with Crippen molar-refractivity contribution in [3.05, 3.63) is 58.9 Å². The zero-order chi connectivity index (χ0) is 17.7. The molecule has 0 fully saturated rings. The maximum atomic E-state index is 13.3. The Morgan fingerprint density at radius 3 is 2.25 bits per heavy atom. The minimum absolute atomic E-state index is 0.234. The van der Waals surface area contributed by atoms with Crippen molar-refractivity contribution in [1.29, 1.82) is 0 Å². The first-order chi connectivity index (χ1) is 11.1. The van der Waals surface area contributed by atoms with Crippen LogP contribution in [0.5, 0.6) is 0 Å². The van der Waals surface area contributed by atoms with Crippen molar-refractivity contribution in [2.75, 3.05) is 0 Å². The van der Waals surface area contributed by atoms with Crippen molar-refractivity contribution in [2.24, 2.45) is 0 Å². The highest BCUT2D eigenvalue weighted by Gasteiger charge is 2.30. The zero-order valence-corrected chi connectivity index (χ0v) is 15.6. The van der Waals surface area contributed by atoms with E-state index in [4.69, 9.17) is 11.6 Å². The number of fused-ring (bicyclic) bond motifs is 1. The summed E-state index contributed by atoms with van der Waals surface area (Å²) in [4.78, 5) is 4.79. The average Bonchev–Trinajstić information content (AvgIpc) is 2.87. The van der Waals surface area contributed by atoms with E-state index in [0.717, 1.165) is 5.56 Å². The number of hydrogen-bond donors (Lipinski definition) is 0. The van der Waals surface area contributed by atoms with Gasteiger partial charge in [0.25, 0.3) is 10.0 Å². The number of benzene rings is 2. The second-order valence-electron chi connectivity index (χ2n) is 6.90. The maximum absolute atomic E-state index is 13.3. The monoisotopic (exact) mass is 362 g/mol. The minimum atomic E-state index is -3.77. The third-order valence-electron chi connectivity index (χ3n) is 3.81. The Balaban J connectivity index is 2.38. The lowest BCUT2D eigenvalue weighted by molar-refractivity contribution is 0.531. The maximum Gasteiger partial charge on any atom is 0.269 e. The van der Waals surface area contributed by atoms with Crippen molar-refractivity contribution in [2.45, 2.75) is 38.0 Å². The van der Waals surface area contributed by atoms with E-state index in [2.05, 4.69) is 4.98 Å². The van der Waals surface area contributed by atoms with Gasteiger partial charge in [-0.3, -0.25) is 0 Å². The molecule has 0 bridgehead atoms. The number of halogens is 1. The minimum Gasteiger partial charge on any atom is -0.232 e. The van der Waals surface area contributed by atoms with E-state index in [1.165, 1.54) is 3.97 Å². The van der Waals surface area contributed by atoms with E-state index >= 15 is 0 Å². The molecular formula is C18H19ClN2O2S. The lowest BCUT2D eigenvalue weighted by Gasteiger charge is -2.20. The van der Waals surface area contributed by atoms with Crippen LogP contribution in [-0.4, -0.2) is 17.4 Å². The summed E-state index contributed by atoms with van der Waals surface area (Å²) in [5, 5.41) is 0.475. The smallest absolute Gasteiger partial charge is 0.232 e. The van der Waals surface area contributed by atoms with Gasteiger partial charge < -0.3 is 0 Å². The van der Waals surface area contributed by atoms with Crippen molar-refractivity contribution in [1.82, 2.24) is 8.96 Å². The summed E-state index contributed by atoms with van der Waals surface area (Å²) < 4.78 is 27.9. The Kier molecular flexibility index (Phi) is 3.97. The molecule has 3 rings (SSSR count). The van der Waals surface area contributed by atoms with Gasteiger partial charge in [0.2, 0.25) is 0 Å². The number of nitrogens with zero attached hydrogens (tertiary/aromatic N) is 2. The van der Waals surface area contributed by atoms with Gasteiger partial charge in [0.05, 0.1) is 15.9 Å². The third-order valence-corrected chi connectivity index (χ3v) is 5.76. The summed E-state index contributed by atoms with van der Waals surface area (Å²) in [5.41, 5.74) is 1.67. The largest absolute Gasteiger partial charge is 0.269 e. The van der Waals surface area contributed by atoms with Crippen molar-refractivity contribution >= 4 is 32.7 Å². The van der Waals surface area contributed by atoms with Crippen LogP contribution in [0.25, 0.3) is 11.0 Å². The molecule has 24 heavy (non-hydrogen) atoms.